The molecule has 0 saturated carbocycles. The minimum absolute atomic E-state index is 0.151. The van der Waals surface area contributed by atoms with Crippen molar-refractivity contribution in [3.63, 3.8) is 0 Å². The van der Waals surface area contributed by atoms with E-state index in [2.05, 4.69) is 55.4 Å². The first-order chi connectivity index (χ1) is 21.6. The first-order valence-corrected chi connectivity index (χ1v) is 16.3. The molecule has 1 atom stereocenters. The summed E-state index contributed by atoms with van der Waals surface area (Å²) in [6.45, 7) is 19.7. The Labute approximate surface area is 274 Å². The Kier molecular flexibility index (Phi) is 12.0. The smallest absolute Gasteiger partial charge is 0.270 e. The maximum Gasteiger partial charge on any atom is 0.270 e. The number of aliphatic hydroxyl groups is 1. The van der Waals surface area contributed by atoms with E-state index in [4.69, 9.17) is 14.5 Å². The highest BCUT2D eigenvalue weighted by atomic mass is 16.6. The van der Waals surface area contributed by atoms with Gasteiger partial charge in [-0.15, -0.1) is 0 Å². The number of non-ortho nitro benzene ring substituents is 1. The van der Waals surface area contributed by atoms with Crippen LogP contribution in [-0.4, -0.2) is 40.6 Å². The zero-order valence-corrected chi connectivity index (χ0v) is 29.0. The van der Waals surface area contributed by atoms with Crippen molar-refractivity contribution in [2.75, 3.05) is 13.2 Å². The lowest BCUT2D eigenvalue weighted by molar-refractivity contribution is -0.384. The van der Waals surface area contributed by atoms with Crippen LogP contribution < -0.4 is 9.47 Å². The lowest BCUT2D eigenvalue weighted by atomic mass is 9.74. The van der Waals surface area contributed by atoms with Gasteiger partial charge in [0.2, 0.25) is 0 Å². The van der Waals surface area contributed by atoms with Gasteiger partial charge in [-0.05, 0) is 47.8 Å². The van der Waals surface area contributed by atoms with Crippen LogP contribution in [0.4, 0.5) is 5.69 Å². The molecule has 3 rings (SSSR count). The van der Waals surface area contributed by atoms with Crippen molar-refractivity contribution in [1.82, 2.24) is 0 Å². The predicted molar refractivity (Wildman–Crippen MR) is 186 cm³/mol. The van der Waals surface area contributed by atoms with E-state index in [1.165, 1.54) is 24.4 Å². The molecule has 0 aliphatic rings. The minimum Gasteiger partial charge on any atom is -0.507 e. The summed E-state index contributed by atoms with van der Waals surface area (Å²) >= 11 is 0. The van der Waals surface area contributed by atoms with Crippen LogP contribution in [0.2, 0.25) is 0 Å². The van der Waals surface area contributed by atoms with Crippen molar-refractivity contribution in [2.24, 2.45) is 4.99 Å². The van der Waals surface area contributed by atoms with E-state index in [0.717, 1.165) is 36.8 Å². The molecule has 8 nitrogen and oxygen atoms in total. The van der Waals surface area contributed by atoms with Crippen LogP contribution >= 0.6 is 0 Å². The van der Waals surface area contributed by atoms with E-state index >= 15 is 0 Å². The van der Waals surface area contributed by atoms with Crippen LogP contribution in [0.25, 0.3) is 0 Å². The Morgan fingerprint density at radius 1 is 0.826 bits per heavy atom. The van der Waals surface area contributed by atoms with Crippen molar-refractivity contribution < 1.29 is 24.6 Å². The summed E-state index contributed by atoms with van der Waals surface area (Å²) in [5.74, 6) is 1.06. The normalized spacial score (nSPS) is 13.2. The zero-order chi connectivity index (χ0) is 34.3. The third-order valence-electron chi connectivity index (χ3n) is 8.22. The van der Waals surface area contributed by atoms with E-state index in [-0.39, 0.29) is 27.8 Å². The van der Waals surface area contributed by atoms with E-state index in [9.17, 15) is 20.3 Å². The van der Waals surface area contributed by atoms with Gasteiger partial charge in [0.05, 0.1) is 24.2 Å². The average Bonchev–Trinajstić information content (AvgIpc) is 2.99. The number of phenols is 1. The van der Waals surface area contributed by atoms with E-state index < -0.39 is 16.6 Å². The molecule has 0 amide bonds. The highest BCUT2D eigenvalue weighted by molar-refractivity contribution is 5.84. The molecule has 0 aromatic heterocycles. The number of benzene rings is 3. The predicted octanol–water partition coefficient (Wildman–Crippen LogP) is 9.00. The summed E-state index contributed by atoms with van der Waals surface area (Å²) in [5.41, 5.74) is 0.648. The molecule has 0 bridgehead atoms. The fraction of sp³-hybridized carbons (Fsp3) is 0.500. The second-order valence-electron chi connectivity index (χ2n) is 14.0. The molecule has 0 unspecified atom stereocenters. The van der Waals surface area contributed by atoms with Gasteiger partial charge < -0.3 is 19.7 Å². The molecular weight excluding hydrogens is 580 g/mol. The van der Waals surface area contributed by atoms with Crippen molar-refractivity contribution in [3.05, 3.63) is 92.5 Å². The molecule has 0 heterocycles. The van der Waals surface area contributed by atoms with E-state index in [1.54, 1.807) is 6.92 Å². The summed E-state index contributed by atoms with van der Waals surface area (Å²) in [4.78, 5) is 15.7. The summed E-state index contributed by atoms with van der Waals surface area (Å²) in [6, 6.07) is 14.6. The number of hydrogen-bond donors (Lipinski definition) is 2. The number of para-hydroxylation sites is 2. The standard InChI is InChI=1S/C38H52N2O6/c1-10-12-22-45-34-29(36(4,5)6)16-14-18-31(34)38(42,26(3)39-25-27-24-28(40(43)44)20-21-33(27)41)32-19-15-17-30(37(7,8)9)35(32)46-23-13-11-2/h14-21,24-26,41-42H,10-13,22-23H2,1-9H3/t26-/m1/s1. The number of nitro groups is 1. The topological polar surface area (TPSA) is 114 Å². The highest BCUT2D eigenvalue weighted by Gasteiger charge is 2.44. The molecule has 2 N–H and O–H groups in total. The van der Waals surface area contributed by atoms with Gasteiger partial charge in [-0.2, -0.15) is 0 Å². The van der Waals surface area contributed by atoms with Gasteiger partial charge in [0, 0.05) is 35.0 Å². The SMILES string of the molecule is CCCCOc1c(C(C)(C)C)cccc1C(O)(c1cccc(C(C)(C)C)c1OCCCC)[C@@H](C)N=Cc1cc([N+](=O)[O-])ccc1O. The number of rotatable bonds is 14. The largest absolute Gasteiger partial charge is 0.507 e. The number of unbranched alkanes of at least 4 members (excludes halogenated alkanes) is 2. The Hall–Kier alpha value is -3.91. The lowest BCUT2D eigenvalue weighted by Gasteiger charge is -2.38. The van der Waals surface area contributed by atoms with Crippen LogP contribution in [0.3, 0.4) is 0 Å². The number of hydrogen-bond acceptors (Lipinski definition) is 7. The molecule has 0 fully saturated rings. The quantitative estimate of drug-likeness (QED) is 0.0793. The molecule has 0 spiro atoms. The molecule has 250 valence electrons. The second kappa shape index (κ2) is 15.1. The van der Waals surface area contributed by atoms with Crippen LogP contribution in [0, 0.1) is 10.1 Å². The number of nitro benzene ring substituents is 1. The molecule has 0 radical (unpaired) electrons. The minimum atomic E-state index is -1.77. The van der Waals surface area contributed by atoms with E-state index in [1.807, 2.05) is 36.4 Å². The summed E-state index contributed by atoms with van der Waals surface area (Å²) in [6.07, 6.45) is 4.98. The Balaban J connectivity index is 2.41. The van der Waals surface area contributed by atoms with Gasteiger partial charge >= 0.3 is 0 Å². The number of nitrogens with zero attached hydrogens (tertiary/aromatic N) is 2. The van der Waals surface area contributed by atoms with Crippen molar-refractivity contribution in [1.29, 1.82) is 0 Å². The summed E-state index contributed by atoms with van der Waals surface area (Å²) in [7, 11) is 0. The molecule has 3 aromatic rings. The average molecular weight is 633 g/mol. The first-order valence-electron chi connectivity index (χ1n) is 16.3. The van der Waals surface area contributed by atoms with Crippen LogP contribution in [0.15, 0.2) is 59.6 Å². The number of ether oxygens (including phenoxy) is 2. The van der Waals surface area contributed by atoms with Crippen molar-refractivity contribution in [3.8, 4) is 17.2 Å². The molecule has 46 heavy (non-hydrogen) atoms. The molecule has 3 aromatic carbocycles. The zero-order valence-electron chi connectivity index (χ0n) is 29.0. The molecule has 0 saturated heterocycles. The maximum absolute atomic E-state index is 13.3. The third kappa shape index (κ3) is 8.27. The van der Waals surface area contributed by atoms with Gasteiger partial charge in [-0.3, -0.25) is 15.1 Å². The number of aromatic hydroxyl groups is 1. The van der Waals surface area contributed by atoms with Gasteiger partial charge in [0.25, 0.3) is 5.69 Å². The number of aliphatic imine (C=N–C) groups is 1. The van der Waals surface area contributed by atoms with Gasteiger partial charge in [0.1, 0.15) is 22.8 Å². The Morgan fingerprint density at radius 3 is 1.70 bits per heavy atom. The van der Waals surface area contributed by atoms with Crippen molar-refractivity contribution in [2.45, 2.75) is 110 Å². The van der Waals surface area contributed by atoms with Gasteiger partial charge in [0.15, 0.2) is 0 Å². The second-order valence-corrected chi connectivity index (χ2v) is 14.0. The fourth-order valence-electron chi connectivity index (χ4n) is 5.46. The summed E-state index contributed by atoms with van der Waals surface area (Å²) < 4.78 is 13.1. The fourth-order valence-corrected chi connectivity index (χ4v) is 5.46. The van der Waals surface area contributed by atoms with Gasteiger partial charge in [-0.1, -0.05) is 105 Å². The molecule has 0 aliphatic carbocycles. The monoisotopic (exact) mass is 632 g/mol. The van der Waals surface area contributed by atoms with Crippen LogP contribution in [0.5, 0.6) is 17.2 Å². The molecule has 8 heteroatoms. The van der Waals surface area contributed by atoms with Crippen LogP contribution in [-0.2, 0) is 16.4 Å². The van der Waals surface area contributed by atoms with E-state index in [0.29, 0.717) is 35.8 Å². The maximum atomic E-state index is 13.3. The number of phenolic OH excluding ortho intramolecular Hbond substituents is 1. The Bertz CT molecular complexity index is 1450. The lowest BCUT2D eigenvalue weighted by Crippen LogP contribution is -2.40. The summed E-state index contributed by atoms with van der Waals surface area (Å²) in [5, 5.41) is 35.3. The third-order valence-corrected chi connectivity index (χ3v) is 8.22. The molecule has 0 aliphatic heterocycles. The van der Waals surface area contributed by atoms with Crippen molar-refractivity contribution >= 4 is 11.9 Å². The van der Waals surface area contributed by atoms with Crippen LogP contribution in [0.1, 0.15) is 116 Å². The van der Waals surface area contributed by atoms with Gasteiger partial charge in [-0.25, -0.2) is 0 Å². The molecular formula is C38H52N2O6. The first kappa shape index (κ1) is 36.6. The Morgan fingerprint density at radius 2 is 1.28 bits per heavy atom. The highest BCUT2D eigenvalue weighted by Crippen LogP contribution is 2.49.